The summed E-state index contributed by atoms with van der Waals surface area (Å²) in [5.41, 5.74) is 8.17. The maximum Gasteiger partial charge on any atom is 0.144 e. The van der Waals surface area contributed by atoms with Crippen LogP contribution in [0.15, 0.2) is 97.3 Å². The van der Waals surface area contributed by atoms with Gasteiger partial charge in [0.2, 0.25) is 0 Å². The van der Waals surface area contributed by atoms with Gasteiger partial charge in [-0.3, -0.25) is 4.57 Å². The average Bonchev–Trinajstić information content (AvgIpc) is 3.58. The molecule has 40 heavy (non-hydrogen) atoms. The molecule has 4 heteroatoms. The van der Waals surface area contributed by atoms with Gasteiger partial charge in [-0.05, 0) is 85.8 Å². The second-order valence-electron chi connectivity index (χ2n) is 10.8. The molecule has 4 nitrogen and oxygen atoms in total. The molecule has 1 atom stereocenters. The van der Waals surface area contributed by atoms with Gasteiger partial charge in [0.25, 0.3) is 0 Å². The van der Waals surface area contributed by atoms with Gasteiger partial charge in [-0.25, -0.2) is 4.98 Å². The van der Waals surface area contributed by atoms with Crippen molar-refractivity contribution >= 4 is 21.8 Å². The molecule has 0 spiro atoms. The first-order valence-corrected chi connectivity index (χ1v) is 14.5. The zero-order valence-electron chi connectivity index (χ0n) is 23.9. The molecule has 0 aliphatic carbocycles. The van der Waals surface area contributed by atoms with E-state index in [1.54, 1.807) is 0 Å². The summed E-state index contributed by atoms with van der Waals surface area (Å²) in [6.07, 6.45) is 7.51. The summed E-state index contributed by atoms with van der Waals surface area (Å²) in [5.74, 6) is 2.49. The molecular formula is C36H37N3O. The van der Waals surface area contributed by atoms with Crippen LogP contribution >= 0.6 is 0 Å². The minimum Gasteiger partial charge on any atom is -0.493 e. The molecule has 0 aliphatic rings. The van der Waals surface area contributed by atoms with E-state index in [4.69, 9.17) is 9.72 Å². The van der Waals surface area contributed by atoms with Gasteiger partial charge in [-0.15, -0.1) is 0 Å². The number of fused-ring (bicyclic) bond motifs is 3. The van der Waals surface area contributed by atoms with E-state index in [-0.39, 0.29) is 0 Å². The lowest BCUT2D eigenvalue weighted by Crippen LogP contribution is -2.11. The van der Waals surface area contributed by atoms with E-state index in [2.05, 4.69) is 128 Å². The molecule has 0 saturated carbocycles. The second kappa shape index (κ2) is 11.1. The molecule has 0 aliphatic heterocycles. The third kappa shape index (κ3) is 4.68. The van der Waals surface area contributed by atoms with Crippen molar-refractivity contribution in [3.8, 4) is 28.5 Å². The third-order valence-electron chi connectivity index (χ3n) is 8.05. The summed E-state index contributed by atoms with van der Waals surface area (Å²) in [6.45, 7) is 9.60. The van der Waals surface area contributed by atoms with Crippen molar-refractivity contribution in [2.45, 2.75) is 47.0 Å². The first kappa shape index (κ1) is 25.9. The normalized spacial score (nSPS) is 12.3. The number of hydrogen-bond donors (Lipinski definition) is 0. The quantitative estimate of drug-likeness (QED) is 0.187. The fourth-order valence-corrected chi connectivity index (χ4v) is 6.07. The smallest absolute Gasteiger partial charge is 0.144 e. The predicted octanol–water partition coefficient (Wildman–Crippen LogP) is 9.46. The minimum atomic E-state index is 0.605. The lowest BCUT2D eigenvalue weighted by atomic mass is 10.0. The number of aryl methyl sites for hydroxylation is 2. The molecule has 6 aromatic rings. The molecule has 6 rings (SSSR count). The van der Waals surface area contributed by atoms with Crippen LogP contribution in [-0.2, 0) is 0 Å². The first-order valence-electron chi connectivity index (χ1n) is 14.5. The van der Waals surface area contributed by atoms with Gasteiger partial charge in [0.15, 0.2) is 0 Å². The van der Waals surface area contributed by atoms with Crippen LogP contribution in [-0.4, -0.2) is 20.7 Å². The van der Waals surface area contributed by atoms with E-state index in [0.717, 1.165) is 41.5 Å². The van der Waals surface area contributed by atoms with Crippen LogP contribution in [0.5, 0.6) is 5.75 Å². The Morgan fingerprint density at radius 1 is 0.800 bits per heavy atom. The Morgan fingerprint density at radius 3 is 2.27 bits per heavy atom. The van der Waals surface area contributed by atoms with Gasteiger partial charge in [0.1, 0.15) is 11.6 Å². The number of hydrogen-bond acceptors (Lipinski definition) is 2. The second-order valence-corrected chi connectivity index (χ2v) is 10.8. The van der Waals surface area contributed by atoms with Gasteiger partial charge in [0.05, 0.1) is 23.3 Å². The van der Waals surface area contributed by atoms with E-state index in [0.29, 0.717) is 5.92 Å². The zero-order chi connectivity index (χ0) is 27.6. The molecule has 0 saturated heterocycles. The Labute approximate surface area is 236 Å². The maximum absolute atomic E-state index is 6.26. The monoisotopic (exact) mass is 527 g/mol. The molecule has 0 fully saturated rings. The number of imidazole rings is 1. The molecular weight excluding hydrogens is 490 g/mol. The van der Waals surface area contributed by atoms with Crippen molar-refractivity contribution in [1.82, 2.24) is 14.1 Å². The molecule has 0 amide bonds. The van der Waals surface area contributed by atoms with Gasteiger partial charge in [-0.1, -0.05) is 63.1 Å². The van der Waals surface area contributed by atoms with Crippen molar-refractivity contribution in [3.63, 3.8) is 0 Å². The van der Waals surface area contributed by atoms with Crippen LogP contribution in [0.1, 0.15) is 44.2 Å². The maximum atomic E-state index is 6.26. The van der Waals surface area contributed by atoms with Crippen LogP contribution in [0, 0.1) is 19.8 Å². The summed E-state index contributed by atoms with van der Waals surface area (Å²) in [7, 11) is 0. The molecule has 202 valence electrons. The summed E-state index contributed by atoms with van der Waals surface area (Å²) in [4.78, 5) is 4.84. The lowest BCUT2D eigenvalue weighted by Gasteiger charge is -2.19. The standard InChI is InChI=1S/C36H37N3O/c1-5-12-27(6-2)24-40-30-21-25(3)35(26(4)22-30)38-20-19-37-36(38)28-17-18-34-32(23-28)31-15-10-11-16-33(31)39(34)29-13-8-7-9-14-29/h7-11,13-23,27H,5-6,12,24H2,1-4H3. The summed E-state index contributed by atoms with van der Waals surface area (Å²) in [6, 6.07) is 30.3. The fraction of sp³-hybridized carbons (Fsp3) is 0.250. The van der Waals surface area contributed by atoms with Crippen molar-refractivity contribution in [1.29, 1.82) is 0 Å². The van der Waals surface area contributed by atoms with Crippen LogP contribution in [0.2, 0.25) is 0 Å². The summed E-state index contributed by atoms with van der Waals surface area (Å²) < 4.78 is 10.8. The molecule has 2 heterocycles. The Balaban J connectivity index is 1.40. The van der Waals surface area contributed by atoms with Crippen molar-refractivity contribution in [2.24, 2.45) is 5.92 Å². The largest absolute Gasteiger partial charge is 0.493 e. The van der Waals surface area contributed by atoms with E-state index in [1.165, 1.54) is 45.8 Å². The molecule has 4 aromatic carbocycles. The van der Waals surface area contributed by atoms with E-state index < -0.39 is 0 Å². The number of aromatic nitrogens is 3. The summed E-state index contributed by atoms with van der Waals surface area (Å²) >= 11 is 0. The van der Waals surface area contributed by atoms with Crippen LogP contribution < -0.4 is 4.74 Å². The zero-order valence-corrected chi connectivity index (χ0v) is 23.9. The molecule has 0 radical (unpaired) electrons. The van der Waals surface area contributed by atoms with Crippen LogP contribution in [0.25, 0.3) is 44.6 Å². The molecule has 0 bridgehead atoms. The highest BCUT2D eigenvalue weighted by Crippen LogP contribution is 2.36. The highest BCUT2D eigenvalue weighted by atomic mass is 16.5. The summed E-state index contributed by atoms with van der Waals surface area (Å²) in [5, 5.41) is 2.46. The molecule has 1 unspecified atom stereocenters. The van der Waals surface area contributed by atoms with E-state index >= 15 is 0 Å². The highest BCUT2D eigenvalue weighted by molar-refractivity contribution is 6.10. The minimum absolute atomic E-state index is 0.605. The number of benzene rings is 4. The fourth-order valence-electron chi connectivity index (χ4n) is 6.07. The van der Waals surface area contributed by atoms with Gasteiger partial charge in [-0.2, -0.15) is 0 Å². The first-order chi connectivity index (χ1) is 19.6. The van der Waals surface area contributed by atoms with Crippen LogP contribution in [0.3, 0.4) is 0 Å². The average molecular weight is 528 g/mol. The Morgan fingerprint density at radius 2 is 1.52 bits per heavy atom. The topological polar surface area (TPSA) is 32.0 Å². The van der Waals surface area contributed by atoms with Gasteiger partial charge in [0, 0.05) is 34.4 Å². The SMILES string of the molecule is CCCC(CC)COc1cc(C)c(-n2ccnc2-c2ccc3c(c2)c2ccccc2n3-c2ccccc2)c(C)c1. The Bertz CT molecular complexity index is 1750. The number of rotatable bonds is 9. The Kier molecular flexibility index (Phi) is 7.17. The van der Waals surface area contributed by atoms with E-state index in [9.17, 15) is 0 Å². The van der Waals surface area contributed by atoms with Gasteiger partial charge >= 0.3 is 0 Å². The Hall–Kier alpha value is -4.31. The van der Waals surface area contributed by atoms with Crippen molar-refractivity contribution in [2.75, 3.05) is 6.61 Å². The lowest BCUT2D eigenvalue weighted by molar-refractivity contribution is 0.235. The number of nitrogens with zero attached hydrogens (tertiary/aromatic N) is 3. The van der Waals surface area contributed by atoms with E-state index in [1.807, 2.05) is 6.20 Å². The number of para-hydroxylation sites is 2. The number of ether oxygens (including phenoxy) is 1. The van der Waals surface area contributed by atoms with Crippen molar-refractivity contribution in [3.05, 3.63) is 108 Å². The van der Waals surface area contributed by atoms with Crippen LogP contribution in [0.4, 0.5) is 0 Å². The highest BCUT2D eigenvalue weighted by Gasteiger charge is 2.17. The van der Waals surface area contributed by atoms with Gasteiger partial charge < -0.3 is 9.30 Å². The predicted molar refractivity (Wildman–Crippen MR) is 167 cm³/mol. The van der Waals surface area contributed by atoms with Crippen molar-refractivity contribution < 1.29 is 4.74 Å². The third-order valence-corrected chi connectivity index (χ3v) is 8.05. The molecule has 2 aromatic heterocycles. The molecule has 0 N–H and O–H groups in total.